The van der Waals surface area contributed by atoms with Crippen LogP contribution in [0.4, 0.5) is 0 Å². The van der Waals surface area contributed by atoms with E-state index in [2.05, 4.69) is 25.5 Å². The Morgan fingerprint density at radius 2 is 0.854 bits per heavy atom. The van der Waals surface area contributed by atoms with Crippen molar-refractivity contribution in [3.8, 4) is 23.0 Å². The molecule has 2 aromatic heterocycles. The number of nitrogens with one attached hydrogen (secondary N) is 2. The summed E-state index contributed by atoms with van der Waals surface area (Å²) in [5.74, 6) is 2.61. The maximum atomic E-state index is 13.6. The van der Waals surface area contributed by atoms with Gasteiger partial charge in [0.2, 0.25) is 0 Å². The van der Waals surface area contributed by atoms with Gasteiger partial charge in [0.05, 0.1) is 28.4 Å². The Kier molecular flexibility index (Phi) is 17.9. The first-order valence-electron chi connectivity index (χ1n) is 26.5. The Balaban J connectivity index is 0.996. The zero-order valence-corrected chi connectivity index (χ0v) is 48.5. The predicted octanol–water partition coefficient (Wildman–Crippen LogP) is 8.50. The molecule has 82 heavy (non-hydrogen) atoms. The van der Waals surface area contributed by atoms with Gasteiger partial charge in [0.25, 0.3) is 0 Å². The van der Waals surface area contributed by atoms with Gasteiger partial charge in [0.1, 0.15) is 0 Å². The number of H-pyrrole nitrogens is 2. The molecular formula is C62H62N4O14PSe. The maximum absolute atomic E-state index is 13.6. The van der Waals surface area contributed by atoms with E-state index in [-0.39, 0.29) is 26.1 Å². The van der Waals surface area contributed by atoms with Crippen LogP contribution in [0.25, 0.3) is 0 Å². The van der Waals surface area contributed by atoms with Gasteiger partial charge in [-0.05, 0) is 0 Å². The van der Waals surface area contributed by atoms with Gasteiger partial charge in [0.15, 0.2) is 0 Å². The molecule has 7 atom stereocenters. The SMILES string of the molecule is COc1ccc(C(OC[C@H]2O[C@@H](n3cc(C)c(=O)[nH]c3=O)C[C@@H]2O[P@@]([Se])OC[C@H]2O[C@@H](n3cc(C)c(=O)[nH]c3=O)C[C@@H]2OC(c2ccccc2)(c2ccc(OC)cc2)c2ccc(OC)cc2)(c2ccccc2)c2ccc(OC)cc2)cc1. The zero-order chi connectivity index (χ0) is 57.5. The van der Waals surface area contributed by atoms with Crippen LogP contribution in [0.15, 0.2) is 189 Å². The number of benzene rings is 6. The average molecular weight is 1200 g/mol. The van der Waals surface area contributed by atoms with E-state index in [1.807, 2.05) is 158 Å². The summed E-state index contributed by atoms with van der Waals surface area (Å²) in [6, 6.07) is 50.3. The van der Waals surface area contributed by atoms with Crippen molar-refractivity contribution in [2.75, 3.05) is 41.7 Å². The number of aromatic amines is 2. The van der Waals surface area contributed by atoms with E-state index in [0.717, 1.165) is 33.4 Å². The molecule has 10 rings (SSSR count). The molecule has 2 saturated heterocycles. The molecule has 4 heterocycles. The topological polar surface area (TPSA) is 202 Å². The van der Waals surface area contributed by atoms with Gasteiger partial charge in [-0.2, -0.15) is 0 Å². The van der Waals surface area contributed by atoms with E-state index in [9.17, 15) is 19.2 Å². The van der Waals surface area contributed by atoms with Crippen molar-refractivity contribution in [3.63, 3.8) is 0 Å². The van der Waals surface area contributed by atoms with Crippen LogP contribution in [0.2, 0.25) is 0 Å². The van der Waals surface area contributed by atoms with E-state index in [0.29, 0.717) is 34.1 Å². The molecule has 2 aliphatic heterocycles. The Morgan fingerprint density at radius 1 is 0.500 bits per heavy atom. The standard InChI is InChI=1S/C62H62N4O14PSe/c1-39-35-65(59(69)63-57(39)67)55-33-51(79-62(42-15-11-8-12-16-42,45-21-29-49(73-5)30-22-45)46-23-31-50(74-6)32-24-46)54(78-55)38-76-81(82)80-52-34-56(66-36-40(2)58(68)64-60(66)70)77-53(52)37-75-61(41-13-9-7-10-14-41,43-17-25-47(71-3)26-18-43)44-19-27-48(72-4)28-20-44/h7-32,35-36,51-56H,33-34,37-38H2,1-6H3,(H,63,67,69)(H,64,68,70)/t51-,52-,53+,54+,55+,56+,81-/m0/s1. The third-order valence-electron chi connectivity index (χ3n) is 15.0. The van der Waals surface area contributed by atoms with Crippen LogP contribution in [-0.4, -0.2) is 101 Å². The molecule has 0 bridgehead atoms. The minimum absolute atomic E-state index is 0.0661. The van der Waals surface area contributed by atoms with Crippen molar-refractivity contribution in [1.29, 1.82) is 0 Å². The molecule has 0 amide bonds. The molecule has 0 spiro atoms. The summed E-state index contributed by atoms with van der Waals surface area (Å²) in [5.41, 5.74) is 0.552. The molecule has 8 aromatic rings. The van der Waals surface area contributed by atoms with Crippen LogP contribution in [0.5, 0.6) is 23.0 Å². The van der Waals surface area contributed by atoms with Gasteiger partial charge in [-0.3, -0.25) is 0 Å². The number of rotatable bonds is 22. The summed E-state index contributed by atoms with van der Waals surface area (Å²) in [6.07, 6.45) is -1.75. The van der Waals surface area contributed by atoms with Gasteiger partial charge in [0, 0.05) is 0 Å². The number of hydrogen-bond acceptors (Lipinski definition) is 14. The molecule has 2 N–H and O–H groups in total. The zero-order valence-electron chi connectivity index (χ0n) is 45.9. The van der Waals surface area contributed by atoms with Crippen LogP contribution < -0.4 is 41.4 Å². The van der Waals surface area contributed by atoms with Crippen molar-refractivity contribution in [1.82, 2.24) is 19.1 Å². The van der Waals surface area contributed by atoms with Crippen molar-refractivity contribution >= 4 is 22.6 Å². The fourth-order valence-corrected chi connectivity index (χ4v) is 12.5. The number of aryl methyl sites for hydroxylation is 2. The summed E-state index contributed by atoms with van der Waals surface area (Å²) in [6.45, 7) is 3.07. The first kappa shape index (κ1) is 57.8. The average Bonchev–Trinajstić information content (AvgIpc) is 4.18. The van der Waals surface area contributed by atoms with Crippen LogP contribution in [0.1, 0.15) is 69.8 Å². The molecule has 18 nitrogen and oxygen atoms in total. The molecular weight excluding hydrogens is 1130 g/mol. The Labute approximate surface area is 482 Å². The normalized spacial score (nSPS) is 19.4. The van der Waals surface area contributed by atoms with Crippen LogP contribution in [0, 0.1) is 13.8 Å². The first-order valence-corrected chi connectivity index (χ1v) is 29.9. The van der Waals surface area contributed by atoms with E-state index in [1.165, 1.54) is 21.5 Å². The third kappa shape index (κ3) is 11.9. The molecule has 425 valence electrons. The molecule has 6 aromatic carbocycles. The van der Waals surface area contributed by atoms with Crippen molar-refractivity contribution in [3.05, 3.63) is 256 Å². The van der Waals surface area contributed by atoms with E-state index < -0.39 is 77.6 Å². The summed E-state index contributed by atoms with van der Waals surface area (Å²) >= 11 is 3.10. The van der Waals surface area contributed by atoms with Crippen LogP contribution in [0.3, 0.4) is 0 Å². The fraction of sp³-hybridized carbons (Fsp3) is 0.290. The number of aromatic nitrogens is 4. The molecule has 0 aliphatic carbocycles. The van der Waals surface area contributed by atoms with Crippen molar-refractivity contribution in [2.45, 2.75) is 74.8 Å². The molecule has 2 fully saturated rings. The summed E-state index contributed by atoms with van der Waals surface area (Å²) in [4.78, 5) is 57.2. The van der Waals surface area contributed by atoms with Gasteiger partial charge >= 0.3 is 456 Å². The molecule has 0 saturated carbocycles. The quantitative estimate of drug-likeness (QED) is 0.0372. The van der Waals surface area contributed by atoms with E-state index >= 15 is 0 Å². The van der Waals surface area contributed by atoms with E-state index in [4.69, 9.17) is 46.9 Å². The molecule has 2 aliphatic rings. The van der Waals surface area contributed by atoms with Crippen molar-refractivity contribution < 1.29 is 46.9 Å². The van der Waals surface area contributed by atoms with Gasteiger partial charge in [-0.15, -0.1) is 0 Å². The van der Waals surface area contributed by atoms with E-state index in [1.54, 1.807) is 42.3 Å². The Bertz CT molecular complexity index is 3580. The van der Waals surface area contributed by atoms with Gasteiger partial charge in [-0.25, -0.2) is 0 Å². The summed E-state index contributed by atoms with van der Waals surface area (Å²) in [5, 5.41) is 0. The third-order valence-corrected chi connectivity index (χ3v) is 17.0. The monoisotopic (exact) mass is 1200 g/mol. The number of methoxy groups -OCH3 is 4. The second-order valence-electron chi connectivity index (χ2n) is 19.8. The molecule has 0 unspecified atom stereocenters. The number of hydrogen-bond donors (Lipinski definition) is 2. The molecule has 1 radical (unpaired) electrons. The number of nitrogens with zero attached hydrogens (tertiary/aromatic N) is 2. The second kappa shape index (κ2) is 25.4. The fourth-order valence-electron chi connectivity index (χ4n) is 10.7. The Hall–Kier alpha value is -7.41. The molecule has 20 heteroatoms. The first-order chi connectivity index (χ1) is 39.8. The minimum atomic E-state index is -1.92. The van der Waals surface area contributed by atoms with Crippen LogP contribution in [-0.2, 0) is 39.2 Å². The summed E-state index contributed by atoms with van der Waals surface area (Å²) in [7, 11) is 4.52. The summed E-state index contributed by atoms with van der Waals surface area (Å²) < 4.78 is 67.2. The van der Waals surface area contributed by atoms with Gasteiger partial charge in [-0.1, -0.05) is 0 Å². The second-order valence-corrected chi connectivity index (χ2v) is 22.6. The predicted molar refractivity (Wildman–Crippen MR) is 308 cm³/mol. The number of ether oxygens (including phenoxy) is 8. The van der Waals surface area contributed by atoms with Gasteiger partial charge < -0.3 is 0 Å². The van der Waals surface area contributed by atoms with Crippen molar-refractivity contribution in [2.24, 2.45) is 0 Å². The Morgan fingerprint density at radius 3 is 1.26 bits per heavy atom. The van der Waals surface area contributed by atoms with Crippen LogP contribution >= 0.6 is 7.07 Å².